The van der Waals surface area contributed by atoms with Gasteiger partial charge in [-0.1, -0.05) is 6.92 Å². The number of esters is 1. The molecule has 68 valence electrons. The maximum Gasteiger partial charge on any atom is 0.339 e. The van der Waals surface area contributed by atoms with Crippen LogP contribution in [0.4, 0.5) is 0 Å². The second kappa shape index (κ2) is 2.55. The number of aliphatic hydroxyl groups is 1. The average molecular weight is 172 g/mol. The number of carbonyl (C=O) groups excluding carboxylic acids is 2. The molecular weight excluding hydrogens is 160 g/mol. The van der Waals surface area contributed by atoms with Gasteiger partial charge in [0.25, 0.3) is 0 Å². The molecule has 1 rings (SSSR count). The highest BCUT2D eigenvalue weighted by Gasteiger charge is 2.48. The topological polar surface area (TPSA) is 63.6 Å². The van der Waals surface area contributed by atoms with Crippen molar-refractivity contribution in [3.8, 4) is 0 Å². The largest absolute Gasteiger partial charge is 0.453 e. The van der Waals surface area contributed by atoms with Crippen molar-refractivity contribution in [2.75, 3.05) is 0 Å². The van der Waals surface area contributed by atoms with E-state index in [0.29, 0.717) is 0 Å². The van der Waals surface area contributed by atoms with Gasteiger partial charge in [-0.05, 0) is 13.8 Å². The average Bonchev–Trinajstić information content (AvgIpc) is 1.99. The van der Waals surface area contributed by atoms with Crippen LogP contribution < -0.4 is 0 Å². The minimum Gasteiger partial charge on any atom is -0.453 e. The molecule has 1 N–H and O–H groups in total. The quantitative estimate of drug-likeness (QED) is 0.518. The second-order valence-corrected chi connectivity index (χ2v) is 3.32. The molecule has 1 heterocycles. The van der Waals surface area contributed by atoms with Gasteiger partial charge in [0.1, 0.15) is 0 Å². The van der Waals surface area contributed by atoms with Gasteiger partial charge < -0.3 is 9.84 Å². The number of hydrogen-bond donors (Lipinski definition) is 1. The molecular formula is C8H12O4. The van der Waals surface area contributed by atoms with Gasteiger partial charge in [-0.25, -0.2) is 4.79 Å². The third kappa shape index (κ3) is 1.12. The first kappa shape index (κ1) is 9.19. The number of ether oxygens (including phenoxy) is 1. The Kier molecular flexibility index (Phi) is 1.96. The smallest absolute Gasteiger partial charge is 0.339 e. The molecule has 1 aliphatic heterocycles. The summed E-state index contributed by atoms with van der Waals surface area (Å²) in [6.45, 7) is 4.33. The zero-order valence-electron chi connectivity index (χ0n) is 7.33. The zero-order chi connectivity index (χ0) is 9.52. The Morgan fingerprint density at radius 1 is 1.42 bits per heavy atom. The molecule has 4 heteroatoms. The summed E-state index contributed by atoms with van der Waals surface area (Å²) in [5.41, 5.74) is -1.66. The van der Waals surface area contributed by atoms with Crippen molar-refractivity contribution in [1.29, 1.82) is 0 Å². The molecule has 0 aromatic heterocycles. The lowest BCUT2D eigenvalue weighted by Crippen LogP contribution is -2.55. The predicted octanol–water partition coefficient (Wildman–Crippen LogP) is -0.112. The SMILES string of the molecule is C[C@@H]1OC(=O)[C@](C)(O)[C@H](C)C1=O. The van der Waals surface area contributed by atoms with Crippen molar-refractivity contribution in [3.63, 3.8) is 0 Å². The summed E-state index contributed by atoms with van der Waals surface area (Å²) in [7, 11) is 0. The fourth-order valence-corrected chi connectivity index (χ4v) is 1.14. The van der Waals surface area contributed by atoms with Crippen LogP contribution in [0.3, 0.4) is 0 Å². The van der Waals surface area contributed by atoms with Crippen LogP contribution in [-0.2, 0) is 14.3 Å². The zero-order valence-corrected chi connectivity index (χ0v) is 7.33. The molecule has 0 spiro atoms. The maximum absolute atomic E-state index is 11.2. The molecule has 1 fully saturated rings. The highest BCUT2D eigenvalue weighted by molar-refractivity contribution is 5.97. The van der Waals surface area contributed by atoms with E-state index in [2.05, 4.69) is 4.74 Å². The van der Waals surface area contributed by atoms with Crippen molar-refractivity contribution in [1.82, 2.24) is 0 Å². The molecule has 0 aliphatic carbocycles. The molecule has 3 atom stereocenters. The molecule has 0 radical (unpaired) electrons. The van der Waals surface area contributed by atoms with Crippen LogP contribution in [0, 0.1) is 5.92 Å². The van der Waals surface area contributed by atoms with E-state index in [9.17, 15) is 14.7 Å². The summed E-state index contributed by atoms with van der Waals surface area (Å²) in [6, 6.07) is 0. The van der Waals surface area contributed by atoms with Crippen molar-refractivity contribution in [3.05, 3.63) is 0 Å². The Balaban J connectivity index is 2.95. The first-order valence-electron chi connectivity index (χ1n) is 3.84. The summed E-state index contributed by atoms with van der Waals surface area (Å²) in [5, 5.41) is 9.50. The number of ketones is 1. The number of carbonyl (C=O) groups is 2. The fourth-order valence-electron chi connectivity index (χ4n) is 1.14. The summed E-state index contributed by atoms with van der Waals surface area (Å²) in [4.78, 5) is 22.3. The van der Waals surface area contributed by atoms with Crippen LogP contribution in [0.15, 0.2) is 0 Å². The first-order valence-corrected chi connectivity index (χ1v) is 3.84. The summed E-state index contributed by atoms with van der Waals surface area (Å²) in [5.74, 6) is -1.64. The van der Waals surface area contributed by atoms with Gasteiger partial charge in [0.15, 0.2) is 17.5 Å². The number of hydrogen-bond acceptors (Lipinski definition) is 4. The van der Waals surface area contributed by atoms with Crippen LogP contribution in [0.5, 0.6) is 0 Å². The number of Topliss-reactive ketones (excluding diaryl/α,β-unsaturated/α-hetero) is 1. The van der Waals surface area contributed by atoms with Crippen LogP contribution in [0.2, 0.25) is 0 Å². The summed E-state index contributed by atoms with van der Waals surface area (Å²) < 4.78 is 4.65. The van der Waals surface area contributed by atoms with E-state index in [0.717, 1.165) is 0 Å². The van der Waals surface area contributed by atoms with Crippen molar-refractivity contribution >= 4 is 11.8 Å². The molecule has 0 aromatic carbocycles. The van der Waals surface area contributed by atoms with E-state index in [1.807, 2.05) is 0 Å². The van der Waals surface area contributed by atoms with Gasteiger partial charge in [0, 0.05) is 0 Å². The van der Waals surface area contributed by atoms with Gasteiger partial charge in [-0.3, -0.25) is 4.79 Å². The normalized spacial score (nSPS) is 42.7. The first-order chi connectivity index (χ1) is 5.37. The number of cyclic esters (lactones) is 1. The Morgan fingerprint density at radius 3 is 2.42 bits per heavy atom. The Bertz CT molecular complexity index is 229. The van der Waals surface area contributed by atoms with Crippen LogP contribution >= 0.6 is 0 Å². The van der Waals surface area contributed by atoms with Crippen LogP contribution in [0.1, 0.15) is 20.8 Å². The Hall–Kier alpha value is -0.900. The standard InChI is InChI=1S/C8H12O4/c1-4-6(9)5(2)12-7(10)8(4,3)11/h4-5,11H,1-3H3/t4-,5+,8-/m1/s1. The Morgan fingerprint density at radius 2 is 1.92 bits per heavy atom. The van der Waals surface area contributed by atoms with Crippen LogP contribution in [-0.4, -0.2) is 28.6 Å². The van der Waals surface area contributed by atoms with Crippen molar-refractivity contribution in [2.45, 2.75) is 32.5 Å². The fraction of sp³-hybridized carbons (Fsp3) is 0.750. The summed E-state index contributed by atoms with van der Waals surface area (Å²) in [6.07, 6.45) is -0.729. The molecule has 0 bridgehead atoms. The lowest BCUT2D eigenvalue weighted by atomic mass is 9.83. The van der Waals surface area contributed by atoms with Gasteiger partial charge in [0.05, 0.1) is 5.92 Å². The maximum atomic E-state index is 11.2. The third-order valence-electron chi connectivity index (χ3n) is 2.37. The molecule has 0 amide bonds. The second-order valence-electron chi connectivity index (χ2n) is 3.32. The molecule has 1 aliphatic rings. The Labute approximate surface area is 70.5 Å². The molecule has 0 saturated carbocycles. The molecule has 4 nitrogen and oxygen atoms in total. The van der Waals surface area contributed by atoms with E-state index >= 15 is 0 Å². The van der Waals surface area contributed by atoms with E-state index in [-0.39, 0.29) is 5.78 Å². The highest BCUT2D eigenvalue weighted by atomic mass is 16.6. The van der Waals surface area contributed by atoms with E-state index in [1.54, 1.807) is 0 Å². The summed E-state index contributed by atoms with van der Waals surface area (Å²) >= 11 is 0. The van der Waals surface area contributed by atoms with Gasteiger partial charge in [0.2, 0.25) is 0 Å². The lowest BCUT2D eigenvalue weighted by Gasteiger charge is -2.34. The third-order valence-corrected chi connectivity index (χ3v) is 2.37. The van der Waals surface area contributed by atoms with E-state index in [1.165, 1.54) is 20.8 Å². The minimum atomic E-state index is -1.66. The molecule has 12 heavy (non-hydrogen) atoms. The van der Waals surface area contributed by atoms with Crippen LogP contribution in [0.25, 0.3) is 0 Å². The van der Waals surface area contributed by atoms with E-state index in [4.69, 9.17) is 0 Å². The van der Waals surface area contributed by atoms with Gasteiger partial charge in [-0.15, -0.1) is 0 Å². The minimum absolute atomic E-state index is 0.236. The van der Waals surface area contributed by atoms with Crippen molar-refractivity contribution in [2.24, 2.45) is 5.92 Å². The lowest BCUT2D eigenvalue weighted by molar-refractivity contribution is -0.189. The highest BCUT2D eigenvalue weighted by Crippen LogP contribution is 2.26. The van der Waals surface area contributed by atoms with Gasteiger partial charge in [-0.2, -0.15) is 0 Å². The van der Waals surface area contributed by atoms with Crippen molar-refractivity contribution < 1.29 is 19.4 Å². The molecule has 0 aromatic rings. The molecule has 0 unspecified atom stereocenters. The predicted molar refractivity (Wildman–Crippen MR) is 40.3 cm³/mol. The monoisotopic (exact) mass is 172 g/mol. The number of rotatable bonds is 0. The molecule has 1 saturated heterocycles. The van der Waals surface area contributed by atoms with E-state index < -0.39 is 23.6 Å². The van der Waals surface area contributed by atoms with Gasteiger partial charge >= 0.3 is 5.97 Å².